The highest BCUT2D eigenvalue weighted by molar-refractivity contribution is 7.92. The van der Waals surface area contributed by atoms with Gasteiger partial charge in [0.1, 0.15) is 0 Å². The molecule has 0 radical (unpaired) electrons. The van der Waals surface area contributed by atoms with E-state index >= 15 is 0 Å². The number of carbonyl (C=O) groups is 1. The van der Waals surface area contributed by atoms with Crippen molar-refractivity contribution in [1.29, 1.82) is 0 Å². The molecule has 1 heterocycles. The molecule has 3 rings (SSSR count). The van der Waals surface area contributed by atoms with Gasteiger partial charge in [0.2, 0.25) is 0 Å². The van der Waals surface area contributed by atoms with E-state index in [9.17, 15) is 13.2 Å². The minimum absolute atomic E-state index is 0.0848. The summed E-state index contributed by atoms with van der Waals surface area (Å²) in [7, 11) is -4.04. The first kappa shape index (κ1) is 18.9. The number of hydrogen-bond acceptors (Lipinski definition) is 4. The van der Waals surface area contributed by atoms with Crippen LogP contribution in [0.1, 0.15) is 22.8 Å². The molecule has 0 bridgehead atoms. The smallest absolute Gasteiger partial charge is 0.279 e. The standard InChI is InChI=1S/C18H17ClN4O3S/c1-2-12-4-3-5-15(10-12)21-17(24)16-11-20-22-18(16)27(25,26)23-14-8-6-13(19)7-9-14/h3-11,23H,2H2,1H3,(H,20,22)(H,21,24). The normalized spacial score (nSPS) is 11.2. The van der Waals surface area contributed by atoms with E-state index in [0.29, 0.717) is 16.4 Å². The summed E-state index contributed by atoms with van der Waals surface area (Å²) in [6.07, 6.45) is 2.00. The van der Waals surface area contributed by atoms with Crippen molar-refractivity contribution in [3.63, 3.8) is 0 Å². The fraction of sp³-hybridized carbons (Fsp3) is 0.111. The van der Waals surface area contributed by atoms with Gasteiger partial charge in [-0.25, -0.2) is 0 Å². The number of sulfonamides is 1. The quantitative estimate of drug-likeness (QED) is 0.582. The van der Waals surface area contributed by atoms with Crippen LogP contribution in [0.3, 0.4) is 0 Å². The molecule has 3 aromatic rings. The molecule has 0 fully saturated rings. The summed E-state index contributed by atoms with van der Waals surface area (Å²) >= 11 is 5.80. The molecular weight excluding hydrogens is 388 g/mol. The number of rotatable bonds is 6. The van der Waals surface area contributed by atoms with Gasteiger partial charge in [0.25, 0.3) is 15.9 Å². The van der Waals surface area contributed by atoms with Crippen LogP contribution < -0.4 is 10.0 Å². The Morgan fingerprint density at radius 3 is 2.59 bits per heavy atom. The molecule has 0 aliphatic rings. The van der Waals surface area contributed by atoms with Crippen molar-refractivity contribution in [3.8, 4) is 0 Å². The number of nitrogens with one attached hydrogen (secondary N) is 3. The number of H-pyrrole nitrogens is 1. The largest absolute Gasteiger partial charge is 0.322 e. The molecule has 0 saturated carbocycles. The topological polar surface area (TPSA) is 104 Å². The molecule has 0 atom stereocenters. The van der Waals surface area contributed by atoms with Crippen LogP contribution >= 0.6 is 11.6 Å². The second-order valence-corrected chi connectivity index (χ2v) is 7.79. The van der Waals surface area contributed by atoms with Gasteiger partial charge in [0.15, 0.2) is 5.03 Å². The zero-order chi connectivity index (χ0) is 19.4. The highest BCUT2D eigenvalue weighted by Crippen LogP contribution is 2.20. The van der Waals surface area contributed by atoms with Crippen molar-refractivity contribution in [2.24, 2.45) is 0 Å². The molecule has 140 valence electrons. The number of aryl methyl sites for hydroxylation is 1. The molecule has 0 aliphatic heterocycles. The SMILES string of the molecule is CCc1cccc(NC(=O)c2cn[nH]c2S(=O)(=O)Nc2ccc(Cl)cc2)c1. The number of halogens is 1. The van der Waals surface area contributed by atoms with E-state index in [1.54, 1.807) is 18.2 Å². The number of amides is 1. The lowest BCUT2D eigenvalue weighted by Gasteiger charge is -2.09. The Hall–Kier alpha value is -2.84. The Labute approximate surface area is 161 Å². The Morgan fingerprint density at radius 1 is 1.15 bits per heavy atom. The molecule has 9 heteroatoms. The van der Waals surface area contributed by atoms with Gasteiger partial charge in [0, 0.05) is 16.4 Å². The van der Waals surface area contributed by atoms with E-state index in [1.165, 1.54) is 18.3 Å². The summed E-state index contributed by atoms with van der Waals surface area (Å²) in [5.41, 5.74) is 1.86. The third-order valence-corrected chi connectivity index (χ3v) is 5.41. The predicted octanol–water partition coefficient (Wildman–Crippen LogP) is 3.68. The average molecular weight is 405 g/mol. The molecule has 27 heavy (non-hydrogen) atoms. The molecular formula is C18H17ClN4O3S. The first-order valence-electron chi connectivity index (χ1n) is 8.11. The predicted molar refractivity (Wildman–Crippen MR) is 105 cm³/mol. The van der Waals surface area contributed by atoms with E-state index in [0.717, 1.165) is 12.0 Å². The van der Waals surface area contributed by atoms with Crippen molar-refractivity contribution in [2.45, 2.75) is 18.4 Å². The maximum absolute atomic E-state index is 12.6. The molecule has 0 spiro atoms. The maximum Gasteiger partial charge on any atom is 0.279 e. The summed E-state index contributed by atoms with van der Waals surface area (Å²) in [6, 6.07) is 13.5. The lowest BCUT2D eigenvalue weighted by molar-refractivity contribution is 0.102. The summed E-state index contributed by atoms with van der Waals surface area (Å²) in [6.45, 7) is 2.00. The van der Waals surface area contributed by atoms with E-state index in [1.807, 2.05) is 25.1 Å². The van der Waals surface area contributed by atoms with Gasteiger partial charge in [0.05, 0.1) is 11.8 Å². The number of hydrogen-bond donors (Lipinski definition) is 3. The van der Waals surface area contributed by atoms with Gasteiger partial charge in [-0.05, 0) is 48.4 Å². The van der Waals surface area contributed by atoms with Crippen molar-refractivity contribution in [3.05, 3.63) is 70.9 Å². The summed E-state index contributed by atoms with van der Waals surface area (Å²) in [5, 5.41) is 8.95. The second kappa shape index (κ2) is 7.81. The minimum Gasteiger partial charge on any atom is -0.322 e. The van der Waals surface area contributed by atoms with Crippen LogP contribution in [0.15, 0.2) is 59.8 Å². The molecule has 1 aromatic heterocycles. The first-order valence-corrected chi connectivity index (χ1v) is 9.97. The number of aromatic amines is 1. The van der Waals surface area contributed by atoms with Crippen molar-refractivity contribution < 1.29 is 13.2 Å². The van der Waals surface area contributed by atoms with Crippen LogP contribution in [0, 0.1) is 0 Å². The van der Waals surface area contributed by atoms with Crippen LogP contribution in [0.25, 0.3) is 0 Å². The van der Waals surface area contributed by atoms with Crippen LogP contribution in [-0.4, -0.2) is 24.5 Å². The Kier molecular flexibility index (Phi) is 5.48. The van der Waals surface area contributed by atoms with Gasteiger partial charge >= 0.3 is 0 Å². The van der Waals surface area contributed by atoms with E-state index < -0.39 is 15.9 Å². The first-order chi connectivity index (χ1) is 12.9. The fourth-order valence-electron chi connectivity index (χ4n) is 2.43. The molecule has 0 unspecified atom stereocenters. The lowest BCUT2D eigenvalue weighted by Crippen LogP contribution is -2.19. The third-order valence-electron chi connectivity index (χ3n) is 3.81. The van der Waals surface area contributed by atoms with Crippen LogP contribution in [0.2, 0.25) is 5.02 Å². The number of carbonyl (C=O) groups excluding carboxylic acids is 1. The molecule has 0 aliphatic carbocycles. The van der Waals surface area contributed by atoms with Gasteiger partial charge < -0.3 is 5.32 Å². The average Bonchev–Trinajstić information content (AvgIpc) is 3.15. The molecule has 0 saturated heterocycles. The number of anilines is 2. The summed E-state index contributed by atoms with van der Waals surface area (Å²) in [4.78, 5) is 12.6. The highest BCUT2D eigenvalue weighted by atomic mass is 35.5. The molecule has 3 N–H and O–H groups in total. The van der Waals surface area contributed by atoms with Crippen molar-refractivity contribution >= 4 is 38.9 Å². The van der Waals surface area contributed by atoms with Gasteiger partial charge in [-0.15, -0.1) is 0 Å². The van der Waals surface area contributed by atoms with E-state index in [-0.39, 0.29) is 10.6 Å². The third kappa shape index (κ3) is 4.47. The highest BCUT2D eigenvalue weighted by Gasteiger charge is 2.25. The van der Waals surface area contributed by atoms with Crippen LogP contribution in [-0.2, 0) is 16.4 Å². The van der Waals surface area contributed by atoms with Crippen molar-refractivity contribution in [1.82, 2.24) is 10.2 Å². The number of benzene rings is 2. The fourth-order valence-corrected chi connectivity index (χ4v) is 3.71. The summed E-state index contributed by atoms with van der Waals surface area (Å²) in [5.74, 6) is -0.575. The molecule has 7 nitrogen and oxygen atoms in total. The number of nitrogens with zero attached hydrogens (tertiary/aromatic N) is 1. The zero-order valence-electron chi connectivity index (χ0n) is 14.4. The zero-order valence-corrected chi connectivity index (χ0v) is 15.9. The van der Waals surface area contributed by atoms with Gasteiger partial charge in [-0.1, -0.05) is 30.7 Å². The Balaban J connectivity index is 1.83. The van der Waals surface area contributed by atoms with Crippen LogP contribution in [0.4, 0.5) is 11.4 Å². The molecule has 2 aromatic carbocycles. The molecule has 1 amide bonds. The lowest BCUT2D eigenvalue weighted by atomic mass is 10.1. The maximum atomic E-state index is 12.6. The monoisotopic (exact) mass is 404 g/mol. The van der Waals surface area contributed by atoms with Gasteiger partial charge in [-0.3, -0.25) is 14.6 Å². The van der Waals surface area contributed by atoms with Crippen LogP contribution in [0.5, 0.6) is 0 Å². The number of aromatic nitrogens is 2. The Morgan fingerprint density at radius 2 is 1.89 bits per heavy atom. The van der Waals surface area contributed by atoms with E-state index in [4.69, 9.17) is 11.6 Å². The van der Waals surface area contributed by atoms with Gasteiger partial charge in [-0.2, -0.15) is 13.5 Å². The van der Waals surface area contributed by atoms with E-state index in [2.05, 4.69) is 20.2 Å². The van der Waals surface area contributed by atoms with Crippen molar-refractivity contribution in [2.75, 3.05) is 10.0 Å². The minimum atomic E-state index is -4.04. The second-order valence-electron chi connectivity index (χ2n) is 5.73. The Bertz CT molecular complexity index is 1060. The summed E-state index contributed by atoms with van der Waals surface area (Å²) < 4.78 is 27.6.